The van der Waals surface area contributed by atoms with Gasteiger partial charge in [-0.3, -0.25) is 10.1 Å². The van der Waals surface area contributed by atoms with Crippen LogP contribution in [0.4, 0.5) is 22.7 Å². The fraction of sp³-hybridized carbons (Fsp3) is 0.0588. The van der Waals surface area contributed by atoms with Gasteiger partial charge in [-0.15, -0.1) is 5.10 Å². The van der Waals surface area contributed by atoms with E-state index in [1.807, 2.05) is 0 Å². The number of aromatic nitrogens is 4. The Morgan fingerprint density at radius 1 is 1.07 bits per heavy atom. The predicted molar refractivity (Wildman–Crippen MR) is 93.9 cm³/mol. The molecule has 4 rings (SSSR count). The lowest BCUT2D eigenvalue weighted by molar-refractivity contribution is -0.143. The molecule has 0 radical (unpaired) electrons. The molecular formula is C17H9F4N5OS. The van der Waals surface area contributed by atoms with Crippen LogP contribution >= 0.6 is 11.3 Å². The van der Waals surface area contributed by atoms with Crippen LogP contribution in [-0.4, -0.2) is 25.9 Å². The van der Waals surface area contributed by atoms with Crippen molar-refractivity contribution in [3.63, 3.8) is 0 Å². The van der Waals surface area contributed by atoms with Crippen molar-refractivity contribution in [3.8, 4) is 5.69 Å². The number of anilines is 1. The first-order valence-electron chi connectivity index (χ1n) is 7.79. The number of nitrogens with one attached hydrogen (secondary N) is 1. The molecule has 1 amide bonds. The molecule has 0 saturated heterocycles. The number of hydrogen-bond acceptors (Lipinski definition) is 5. The number of alkyl halides is 3. The molecule has 0 aliphatic rings. The van der Waals surface area contributed by atoms with E-state index >= 15 is 0 Å². The van der Waals surface area contributed by atoms with E-state index in [1.54, 1.807) is 24.3 Å². The van der Waals surface area contributed by atoms with Gasteiger partial charge in [0.25, 0.3) is 5.91 Å². The minimum Gasteiger partial charge on any atom is -0.296 e. The number of hydrogen-bond donors (Lipinski definition) is 1. The zero-order valence-corrected chi connectivity index (χ0v) is 14.6. The first-order valence-corrected chi connectivity index (χ1v) is 8.61. The highest BCUT2D eigenvalue weighted by molar-refractivity contribution is 7.22. The molecule has 4 aromatic rings. The number of fused-ring (bicyclic) bond motifs is 1. The van der Waals surface area contributed by atoms with Crippen LogP contribution in [0.1, 0.15) is 16.2 Å². The van der Waals surface area contributed by atoms with E-state index in [1.165, 1.54) is 12.1 Å². The molecule has 0 fully saturated rings. The fourth-order valence-corrected chi connectivity index (χ4v) is 3.42. The summed E-state index contributed by atoms with van der Waals surface area (Å²) in [6, 6.07) is 11.7. The zero-order chi connectivity index (χ0) is 19.9. The summed E-state index contributed by atoms with van der Waals surface area (Å²) >= 11 is 1.10. The molecule has 1 N–H and O–H groups in total. The second-order valence-corrected chi connectivity index (χ2v) is 6.62. The van der Waals surface area contributed by atoms with Crippen molar-refractivity contribution in [1.82, 2.24) is 20.0 Å². The molecule has 0 saturated carbocycles. The molecule has 142 valence electrons. The molecule has 0 atom stereocenters. The Hall–Kier alpha value is -3.34. The standard InChI is InChI=1S/C17H9F4N5OS/c18-9-5-1-3-7-11(9)26-14(17(19,20)21)13(24-25-26)15(27)23-16-22-10-6-2-4-8-12(10)28-16/h1-8H,(H,22,23,27). The SMILES string of the molecule is O=C(Nc1nc2ccccc2s1)c1nnn(-c2ccccc2F)c1C(F)(F)F. The topological polar surface area (TPSA) is 72.7 Å². The van der Waals surface area contributed by atoms with Crippen molar-refractivity contribution < 1.29 is 22.4 Å². The van der Waals surface area contributed by atoms with E-state index in [2.05, 4.69) is 20.6 Å². The number of carbonyl (C=O) groups excluding carboxylic acids is 1. The maximum Gasteiger partial charge on any atom is 0.435 e. The summed E-state index contributed by atoms with van der Waals surface area (Å²) < 4.78 is 55.8. The Morgan fingerprint density at radius 2 is 1.79 bits per heavy atom. The van der Waals surface area contributed by atoms with Crippen LogP contribution in [0.25, 0.3) is 15.9 Å². The van der Waals surface area contributed by atoms with Crippen LogP contribution in [0.2, 0.25) is 0 Å². The molecule has 0 spiro atoms. The van der Waals surface area contributed by atoms with Gasteiger partial charge in [-0.05, 0) is 24.3 Å². The number of nitrogens with zero attached hydrogens (tertiary/aromatic N) is 4. The normalized spacial score (nSPS) is 11.7. The number of halogens is 4. The lowest BCUT2D eigenvalue weighted by Gasteiger charge is -2.11. The van der Waals surface area contributed by atoms with Gasteiger partial charge in [0.1, 0.15) is 11.5 Å². The quantitative estimate of drug-likeness (QED) is 0.515. The van der Waals surface area contributed by atoms with E-state index in [9.17, 15) is 22.4 Å². The Balaban J connectivity index is 1.75. The Labute approximate surface area is 158 Å². The highest BCUT2D eigenvalue weighted by atomic mass is 32.1. The molecule has 0 unspecified atom stereocenters. The van der Waals surface area contributed by atoms with Gasteiger partial charge in [0.05, 0.1) is 10.2 Å². The maximum atomic E-state index is 14.0. The average molecular weight is 407 g/mol. The Bertz CT molecular complexity index is 1150. The molecule has 6 nitrogen and oxygen atoms in total. The van der Waals surface area contributed by atoms with Gasteiger partial charge in [-0.25, -0.2) is 14.1 Å². The lowest BCUT2D eigenvalue weighted by Crippen LogP contribution is -2.21. The van der Waals surface area contributed by atoms with Crippen molar-refractivity contribution in [2.45, 2.75) is 6.18 Å². The van der Waals surface area contributed by atoms with Gasteiger partial charge in [0.15, 0.2) is 16.5 Å². The summed E-state index contributed by atoms with van der Waals surface area (Å²) in [5, 5.41) is 9.10. The molecular weight excluding hydrogens is 398 g/mol. The van der Waals surface area contributed by atoms with E-state index in [0.29, 0.717) is 5.52 Å². The molecule has 2 aromatic heterocycles. The number of thiazole rings is 1. The fourth-order valence-electron chi connectivity index (χ4n) is 2.56. The van der Waals surface area contributed by atoms with E-state index in [-0.39, 0.29) is 9.81 Å². The second kappa shape index (κ2) is 6.68. The molecule has 28 heavy (non-hydrogen) atoms. The van der Waals surface area contributed by atoms with Crippen molar-refractivity contribution in [1.29, 1.82) is 0 Å². The highest BCUT2D eigenvalue weighted by Crippen LogP contribution is 2.34. The van der Waals surface area contributed by atoms with Crippen LogP contribution in [0, 0.1) is 5.82 Å². The summed E-state index contributed by atoms with van der Waals surface area (Å²) in [5.74, 6) is -2.08. The number of benzene rings is 2. The summed E-state index contributed by atoms with van der Waals surface area (Å²) in [7, 11) is 0. The molecule has 0 aliphatic carbocycles. The number of para-hydroxylation sites is 2. The monoisotopic (exact) mass is 407 g/mol. The van der Waals surface area contributed by atoms with E-state index in [4.69, 9.17) is 0 Å². The molecule has 0 bridgehead atoms. The first-order chi connectivity index (χ1) is 13.3. The van der Waals surface area contributed by atoms with Crippen LogP contribution in [0.15, 0.2) is 48.5 Å². The zero-order valence-electron chi connectivity index (χ0n) is 13.7. The van der Waals surface area contributed by atoms with Gasteiger partial charge in [0.2, 0.25) is 0 Å². The molecule has 0 aliphatic heterocycles. The highest BCUT2D eigenvalue weighted by Gasteiger charge is 2.42. The predicted octanol–water partition coefficient (Wildman–Crippen LogP) is 4.29. The Morgan fingerprint density at radius 3 is 2.50 bits per heavy atom. The summed E-state index contributed by atoms with van der Waals surface area (Å²) in [4.78, 5) is 16.6. The number of rotatable bonds is 3. The largest absolute Gasteiger partial charge is 0.435 e. The van der Waals surface area contributed by atoms with Crippen LogP contribution in [-0.2, 0) is 6.18 Å². The third kappa shape index (κ3) is 3.20. The third-order valence-corrected chi connectivity index (χ3v) is 4.70. The lowest BCUT2D eigenvalue weighted by atomic mass is 10.2. The summed E-state index contributed by atoms with van der Waals surface area (Å²) in [6.07, 6.45) is -4.99. The van der Waals surface area contributed by atoms with Gasteiger partial charge >= 0.3 is 6.18 Å². The average Bonchev–Trinajstić information content (AvgIpc) is 3.25. The van der Waals surface area contributed by atoms with Crippen molar-refractivity contribution in [2.75, 3.05) is 5.32 Å². The smallest absolute Gasteiger partial charge is 0.296 e. The molecule has 2 heterocycles. The maximum absolute atomic E-state index is 14.0. The number of carbonyl (C=O) groups is 1. The molecule has 11 heteroatoms. The van der Waals surface area contributed by atoms with Gasteiger partial charge in [0, 0.05) is 0 Å². The van der Waals surface area contributed by atoms with E-state index in [0.717, 1.165) is 28.2 Å². The number of amides is 1. The minimum absolute atomic E-state index is 0.111. The third-order valence-electron chi connectivity index (χ3n) is 3.75. The summed E-state index contributed by atoms with van der Waals surface area (Å²) in [5.41, 5.74) is -2.33. The van der Waals surface area contributed by atoms with Gasteiger partial charge in [-0.1, -0.05) is 40.8 Å². The second-order valence-electron chi connectivity index (χ2n) is 5.59. The van der Waals surface area contributed by atoms with Crippen LogP contribution < -0.4 is 5.32 Å². The van der Waals surface area contributed by atoms with E-state index < -0.39 is 35.0 Å². The Kier molecular flexibility index (Phi) is 4.30. The first kappa shape index (κ1) is 18.0. The van der Waals surface area contributed by atoms with Gasteiger partial charge in [-0.2, -0.15) is 13.2 Å². The van der Waals surface area contributed by atoms with Crippen molar-refractivity contribution in [2.24, 2.45) is 0 Å². The minimum atomic E-state index is -4.99. The van der Waals surface area contributed by atoms with Crippen LogP contribution in [0.3, 0.4) is 0 Å². The molecule has 2 aromatic carbocycles. The van der Waals surface area contributed by atoms with Gasteiger partial charge < -0.3 is 0 Å². The van der Waals surface area contributed by atoms with Crippen molar-refractivity contribution in [3.05, 3.63) is 65.7 Å². The van der Waals surface area contributed by atoms with Crippen molar-refractivity contribution >= 4 is 32.6 Å². The van der Waals surface area contributed by atoms with Crippen LogP contribution in [0.5, 0.6) is 0 Å². The summed E-state index contributed by atoms with van der Waals surface area (Å²) in [6.45, 7) is 0.